The summed E-state index contributed by atoms with van der Waals surface area (Å²) in [4.78, 5) is 0. The molecule has 0 bridgehead atoms. The first-order valence-corrected chi connectivity index (χ1v) is 6.02. The number of halogens is 2. The van der Waals surface area contributed by atoms with Crippen LogP contribution in [0.3, 0.4) is 0 Å². The zero-order valence-electron chi connectivity index (χ0n) is 9.41. The van der Waals surface area contributed by atoms with Crippen LogP contribution in [0.25, 0.3) is 0 Å². The number of ether oxygens (including phenoxy) is 1. The molecular weight excluding hydrogens is 275 g/mol. The summed E-state index contributed by atoms with van der Waals surface area (Å²) in [7, 11) is 0. The maximum absolute atomic E-state index is 13.2. The zero-order valence-corrected chi connectivity index (χ0v) is 11.0. The monoisotopic (exact) mass is 290 g/mol. The number of benzene rings is 1. The van der Waals surface area contributed by atoms with Gasteiger partial charge in [0.1, 0.15) is 5.82 Å². The third-order valence-electron chi connectivity index (χ3n) is 2.11. The second-order valence-corrected chi connectivity index (χ2v) is 4.75. The van der Waals surface area contributed by atoms with Crippen molar-refractivity contribution in [1.29, 1.82) is 0 Å². The average Bonchev–Trinajstić information content (AvgIpc) is 2.22. The Labute approximate surface area is 104 Å². The first-order valence-electron chi connectivity index (χ1n) is 5.23. The van der Waals surface area contributed by atoms with Gasteiger partial charge in [0.2, 0.25) is 0 Å². The van der Waals surface area contributed by atoms with E-state index in [2.05, 4.69) is 15.9 Å². The number of aliphatic hydroxyl groups excluding tert-OH is 1. The Morgan fingerprint density at radius 3 is 2.75 bits per heavy atom. The highest BCUT2D eigenvalue weighted by atomic mass is 79.9. The van der Waals surface area contributed by atoms with Gasteiger partial charge in [0.25, 0.3) is 0 Å². The second kappa shape index (κ2) is 6.33. The summed E-state index contributed by atoms with van der Waals surface area (Å²) in [5.74, 6) is -0.311. The molecule has 1 rings (SSSR count). The van der Waals surface area contributed by atoms with Crippen molar-refractivity contribution in [3.63, 3.8) is 0 Å². The molecule has 16 heavy (non-hydrogen) atoms. The summed E-state index contributed by atoms with van der Waals surface area (Å²) in [6.07, 6.45) is -0.142. The summed E-state index contributed by atoms with van der Waals surface area (Å²) < 4.78 is 18.9. The van der Waals surface area contributed by atoms with Crippen LogP contribution in [0.5, 0.6) is 0 Å². The van der Waals surface area contributed by atoms with Crippen LogP contribution in [0.15, 0.2) is 22.7 Å². The first kappa shape index (κ1) is 13.6. The number of aliphatic hydroxyl groups is 1. The van der Waals surface area contributed by atoms with Crippen LogP contribution in [-0.2, 0) is 11.2 Å². The normalized spacial score (nSPS) is 13.1. The fourth-order valence-corrected chi connectivity index (χ4v) is 1.75. The van der Waals surface area contributed by atoms with Crippen molar-refractivity contribution in [2.24, 2.45) is 0 Å². The van der Waals surface area contributed by atoms with Crippen molar-refractivity contribution in [3.8, 4) is 0 Å². The fraction of sp³-hybridized carbons (Fsp3) is 0.500. The van der Waals surface area contributed by atoms with E-state index in [0.29, 0.717) is 10.9 Å². The minimum atomic E-state index is -0.611. The van der Waals surface area contributed by atoms with Crippen molar-refractivity contribution in [3.05, 3.63) is 34.1 Å². The molecule has 0 aliphatic rings. The van der Waals surface area contributed by atoms with Crippen molar-refractivity contribution >= 4 is 15.9 Å². The first-order chi connectivity index (χ1) is 7.50. The maximum Gasteiger partial charge on any atom is 0.137 e. The highest BCUT2D eigenvalue weighted by Crippen LogP contribution is 2.21. The zero-order chi connectivity index (χ0) is 12.1. The summed E-state index contributed by atoms with van der Waals surface area (Å²) in [6, 6.07) is 4.79. The van der Waals surface area contributed by atoms with Crippen LogP contribution in [0.2, 0.25) is 0 Å². The van der Waals surface area contributed by atoms with E-state index >= 15 is 0 Å². The molecule has 0 amide bonds. The molecule has 0 heterocycles. The molecule has 1 atom stereocenters. The molecule has 0 saturated heterocycles. The molecule has 1 unspecified atom stereocenters. The van der Waals surface area contributed by atoms with Crippen LogP contribution >= 0.6 is 15.9 Å². The van der Waals surface area contributed by atoms with E-state index in [1.807, 2.05) is 13.8 Å². The Hall–Kier alpha value is -0.450. The Morgan fingerprint density at radius 2 is 2.12 bits per heavy atom. The lowest BCUT2D eigenvalue weighted by atomic mass is 10.1. The summed E-state index contributed by atoms with van der Waals surface area (Å²) in [6.45, 7) is 4.08. The summed E-state index contributed by atoms with van der Waals surface area (Å²) in [5.41, 5.74) is 0.750. The topological polar surface area (TPSA) is 29.5 Å². The van der Waals surface area contributed by atoms with E-state index in [4.69, 9.17) is 4.74 Å². The number of hydrogen-bond acceptors (Lipinski definition) is 2. The summed E-state index contributed by atoms with van der Waals surface area (Å²) >= 11 is 3.16. The van der Waals surface area contributed by atoms with Crippen molar-refractivity contribution in [1.82, 2.24) is 0 Å². The van der Waals surface area contributed by atoms with Gasteiger partial charge in [-0.15, -0.1) is 0 Å². The maximum atomic E-state index is 13.2. The Bertz CT molecular complexity index is 342. The van der Waals surface area contributed by atoms with Gasteiger partial charge in [-0.25, -0.2) is 4.39 Å². The van der Waals surface area contributed by atoms with Crippen molar-refractivity contribution in [2.45, 2.75) is 32.5 Å². The molecule has 0 saturated carbocycles. The lowest BCUT2D eigenvalue weighted by Crippen LogP contribution is -2.21. The Kier molecular flexibility index (Phi) is 5.38. The molecule has 1 aromatic rings. The molecule has 1 aromatic carbocycles. The summed E-state index contributed by atoms with van der Waals surface area (Å²) in [5, 5.41) is 9.70. The van der Waals surface area contributed by atoms with E-state index in [1.165, 1.54) is 6.07 Å². The van der Waals surface area contributed by atoms with Gasteiger partial charge in [0.15, 0.2) is 0 Å². The molecule has 1 N–H and O–H groups in total. The largest absolute Gasteiger partial charge is 0.390 e. The third kappa shape index (κ3) is 4.20. The molecule has 0 aromatic heterocycles. The lowest BCUT2D eigenvalue weighted by molar-refractivity contribution is 0.00613. The van der Waals surface area contributed by atoms with E-state index in [9.17, 15) is 9.50 Å². The minimum Gasteiger partial charge on any atom is -0.390 e. The molecule has 0 spiro atoms. The quantitative estimate of drug-likeness (QED) is 0.904. The highest BCUT2D eigenvalue weighted by molar-refractivity contribution is 9.10. The van der Waals surface area contributed by atoms with Gasteiger partial charge in [0.05, 0.1) is 23.3 Å². The van der Waals surface area contributed by atoms with E-state index in [1.54, 1.807) is 12.1 Å². The van der Waals surface area contributed by atoms with Crippen molar-refractivity contribution in [2.75, 3.05) is 6.61 Å². The molecule has 0 radical (unpaired) electrons. The number of rotatable bonds is 5. The molecule has 2 nitrogen and oxygen atoms in total. The molecule has 0 aliphatic carbocycles. The Morgan fingerprint density at radius 1 is 1.44 bits per heavy atom. The predicted octanol–water partition coefficient (Wildman–Crippen LogP) is 2.92. The van der Waals surface area contributed by atoms with Gasteiger partial charge in [-0.2, -0.15) is 0 Å². The Balaban J connectivity index is 2.56. The SMILES string of the molecule is CC(C)OCC(O)Cc1cccc(F)c1Br. The molecule has 0 aliphatic heterocycles. The van der Waals surface area contributed by atoms with Gasteiger partial charge in [0, 0.05) is 6.42 Å². The lowest BCUT2D eigenvalue weighted by Gasteiger charge is -2.14. The molecule has 90 valence electrons. The predicted molar refractivity (Wildman–Crippen MR) is 64.9 cm³/mol. The van der Waals surface area contributed by atoms with Gasteiger partial charge in [-0.1, -0.05) is 12.1 Å². The van der Waals surface area contributed by atoms with E-state index in [-0.39, 0.29) is 18.5 Å². The van der Waals surface area contributed by atoms with E-state index in [0.717, 1.165) is 5.56 Å². The van der Waals surface area contributed by atoms with Gasteiger partial charge in [-0.3, -0.25) is 0 Å². The average molecular weight is 291 g/mol. The van der Waals surface area contributed by atoms with Crippen LogP contribution < -0.4 is 0 Å². The standard InChI is InChI=1S/C12H16BrFO2/c1-8(2)16-7-10(15)6-9-4-3-5-11(14)12(9)13/h3-5,8,10,15H,6-7H2,1-2H3. The van der Waals surface area contributed by atoms with Gasteiger partial charge < -0.3 is 9.84 Å². The highest BCUT2D eigenvalue weighted by Gasteiger charge is 2.11. The molecule has 0 fully saturated rings. The number of hydrogen-bond donors (Lipinski definition) is 1. The van der Waals surface area contributed by atoms with Crippen LogP contribution in [0, 0.1) is 5.82 Å². The van der Waals surface area contributed by atoms with Crippen LogP contribution in [0.4, 0.5) is 4.39 Å². The van der Waals surface area contributed by atoms with Gasteiger partial charge in [-0.05, 0) is 41.4 Å². The smallest absolute Gasteiger partial charge is 0.137 e. The van der Waals surface area contributed by atoms with Crippen LogP contribution in [-0.4, -0.2) is 23.9 Å². The fourth-order valence-electron chi connectivity index (χ4n) is 1.32. The van der Waals surface area contributed by atoms with Crippen molar-refractivity contribution < 1.29 is 14.2 Å². The minimum absolute atomic E-state index is 0.0885. The van der Waals surface area contributed by atoms with Crippen LogP contribution in [0.1, 0.15) is 19.4 Å². The second-order valence-electron chi connectivity index (χ2n) is 3.95. The molecule has 4 heteroatoms. The van der Waals surface area contributed by atoms with Gasteiger partial charge >= 0.3 is 0 Å². The molecular formula is C12H16BrFO2. The van der Waals surface area contributed by atoms with E-state index < -0.39 is 6.10 Å². The third-order valence-corrected chi connectivity index (χ3v) is 3.00.